The van der Waals surface area contributed by atoms with Gasteiger partial charge in [0.15, 0.2) is 0 Å². The number of nitrogens with two attached hydrogens (primary N) is 1. The number of carbonyl (C=O) groups excluding carboxylic acids is 1. The average Bonchev–Trinajstić information content (AvgIpc) is 2.54. The summed E-state index contributed by atoms with van der Waals surface area (Å²) in [6.07, 6.45) is 1.59. The molecule has 1 fully saturated rings. The summed E-state index contributed by atoms with van der Waals surface area (Å²) < 4.78 is 0. The number of anilines is 1. The average molecular weight is 330 g/mol. The highest BCUT2D eigenvalue weighted by Crippen LogP contribution is 2.26. The first-order valence-corrected chi connectivity index (χ1v) is 7.76. The minimum atomic E-state index is -0.490. The van der Waals surface area contributed by atoms with Crippen molar-refractivity contribution in [2.75, 3.05) is 18.0 Å². The molecule has 3 rings (SSSR count). The van der Waals surface area contributed by atoms with Gasteiger partial charge in [-0.1, -0.05) is 11.6 Å². The molecular weight excluding hydrogens is 314 g/mol. The largest absolute Gasteiger partial charge is 0.356 e. The molecule has 0 unspecified atom stereocenters. The minimum absolute atomic E-state index is 0.0958. The van der Waals surface area contributed by atoms with Gasteiger partial charge in [-0.3, -0.25) is 0 Å². The lowest BCUT2D eigenvalue weighted by atomic mass is 10.0. The number of amides is 2. The Kier molecular flexibility index (Phi) is 4.22. The van der Waals surface area contributed by atoms with Crippen LogP contribution in [0.5, 0.6) is 0 Å². The molecule has 2 amide bonds. The van der Waals surface area contributed by atoms with Crippen molar-refractivity contribution >= 4 is 34.4 Å². The van der Waals surface area contributed by atoms with Gasteiger partial charge in [-0.25, -0.2) is 9.78 Å². The number of primary amides is 1. The molecule has 1 aromatic carbocycles. The van der Waals surface area contributed by atoms with Crippen molar-refractivity contribution in [3.05, 3.63) is 34.9 Å². The van der Waals surface area contributed by atoms with Crippen molar-refractivity contribution in [3.8, 4) is 6.07 Å². The predicted octanol–water partition coefficient (Wildman–Crippen LogP) is 2.40. The first-order valence-electron chi connectivity index (χ1n) is 7.38. The molecule has 2 aromatic rings. The van der Waals surface area contributed by atoms with E-state index in [0.717, 1.165) is 42.7 Å². The van der Waals surface area contributed by atoms with E-state index in [1.807, 2.05) is 6.07 Å². The summed E-state index contributed by atoms with van der Waals surface area (Å²) in [4.78, 5) is 17.7. The van der Waals surface area contributed by atoms with E-state index in [1.165, 1.54) is 0 Å². The lowest BCUT2D eigenvalue weighted by Crippen LogP contribution is -2.46. The Bertz CT molecular complexity index is 793. The molecule has 0 bridgehead atoms. The van der Waals surface area contributed by atoms with Crippen molar-refractivity contribution < 1.29 is 4.79 Å². The summed E-state index contributed by atoms with van der Waals surface area (Å²) in [6, 6.07) is 8.96. The number of benzene rings is 1. The van der Waals surface area contributed by atoms with Gasteiger partial charge < -0.3 is 16.0 Å². The molecule has 118 valence electrons. The Labute approximate surface area is 138 Å². The topological polar surface area (TPSA) is 95.0 Å². The highest BCUT2D eigenvalue weighted by atomic mass is 35.5. The molecule has 2 heterocycles. The number of aromatic nitrogens is 1. The van der Waals surface area contributed by atoms with Gasteiger partial charge in [-0.05, 0) is 37.1 Å². The first kappa shape index (κ1) is 15.4. The molecule has 3 N–H and O–H groups in total. The Balaban J connectivity index is 1.85. The molecule has 23 heavy (non-hydrogen) atoms. The van der Waals surface area contributed by atoms with Gasteiger partial charge in [-0.15, -0.1) is 0 Å². The van der Waals surface area contributed by atoms with Crippen LogP contribution in [-0.4, -0.2) is 30.1 Å². The van der Waals surface area contributed by atoms with E-state index in [-0.39, 0.29) is 6.04 Å². The number of pyridine rings is 1. The van der Waals surface area contributed by atoms with E-state index in [9.17, 15) is 10.1 Å². The normalized spacial score (nSPS) is 15.4. The number of fused-ring (bicyclic) bond motifs is 1. The second-order valence-corrected chi connectivity index (χ2v) is 6.01. The van der Waals surface area contributed by atoms with Gasteiger partial charge in [-0.2, -0.15) is 5.26 Å². The maximum atomic E-state index is 10.9. The van der Waals surface area contributed by atoms with Crippen molar-refractivity contribution in [1.82, 2.24) is 10.3 Å². The molecule has 6 nitrogen and oxygen atoms in total. The smallest absolute Gasteiger partial charge is 0.312 e. The molecule has 0 spiro atoms. The molecule has 1 aliphatic rings. The van der Waals surface area contributed by atoms with Crippen LogP contribution in [0.25, 0.3) is 10.9 Å². The zero-order valence-corrected chi connectivity index (χ0v) is 13.2. The highest BCUT2D eigenvalue weighted by molar-refractivity contribution is 6.31. The SMILES string of the molecule is N#Cc1cc(N2CCC(NC(N)=O)CC2)nc2ccc(Cl)cc12. The van der Waals surface area contributed by atoms with Crippen molar-refractivity contribution in [1.29, 1.82) is 5.26 Å². The number of nitriles is 1. The third-order valence-corrected chi connectivity index (χ3v) is 4.28. The lowest BCUT2D eigenvalue weighted by molar-refractivity contribution is 0.242. The number of carbonyl (C=O) groups is 1. The number of hydrogen-bond acceptors (Lipinski definition) is 4. The van der Waals surface area contributed by atoms with Gasteiger partial charge in [0.05, 0.1) is 17.1 Å². The number of nitrogens with one attached hydrogen (secondary N) is 1. The van der Waals surface area contributed by atoms with E-state index < -0.39 is 6.03 Å². The minimum Gasteiger partial charge on any atom is -0.356 e. The highest BCUT2D eigenvalue weighted by Gasteiger charge is 2.21. The third kappa shape index (κ3) is 3.30. The quantitative estimate of drug-likeness (QED) is 0.884. The standard InChI is InChI=1S/C16H16ClN5O/c17-11-1-2-14-13(8-11)10(9-18)7-15(21-14)22-5-3-12(4-6-22)20-16(19)23/h1-2,7-8,12H,3-6H2,(H3,19,20,23). The van der Waals surface area contributed by atoms with E-state index in [0.29, 0.717) is 10.6 Å². The van der Waals surface area contributed by atoms with Gasteiger partial charge >= 0.3 is 6.03 Å². The fourth-order valence-electron chi connectivity index (χ4n) is 2.89. The summed E-state index contributed by atoms with van der Waals surface area (Å²) >= 11 is 6.00. The van der Waals surface area contributed by atoms with E-state index in [2.05, 4.69) is 21.3 Å². The van der Waals surface area contributed by atoms with Crippen LogP contribution in [0.3, 0.4) is 0 Å². The fourth-order valence-corrected chi connectivity index (χ4v) is 3.06. The third-order valence-electron chi connectivity index (χ3n) is 4.04. The Morgan fingerprint density at radius 1 is 1.39 bits per heavy atom. The zero-order valence-electron chi connectivity index (χ0n) is 12.4. The van der Waals surface area contributed by atoms with Gasteiger partial charge in [0, 0.05) is 29.5 Å². The van der Waals surface area contributed by atoms with Crippen LogP contribution in [0.1, 0.15) is 18.4 Å². The van der Waals surface area contributed by atoms with Crippen LogP contribution in [0.2, 0.25) is 5.02 Å². The number of rotatable bonds is 2. The summed E-state index contributed by atoms with van der Waals surface area (Å²) in [7, 11) is 0. The van der Waals surface area contributed by atoms with Crippen LogP contribution >= 0.6 is 11.6 Å². The maximum Gasteiger partial charge on any atom is 0.312 e. The van der Waals surface area contributed by atoms with Crippen LogP contribution in [0.4, 0.5) is 10.6 Å². The Morgan fingerprint density at radius 2 is 2.13 bits per heavy atom. The molecule has 0 radical (unpaired) electrons. The molecule has 1 saturated heterocycles. The number of piperidine rings is 1. The van der Waals surface area contributed by atoms with Gasteiger partial charge in [0.2, 0.25) is 0 Å². The molecule has 7 heteroatoms. The maximum absolute atomic E-state index is 10.9. The molecule has 1 aromatic heterocycles. The molecule has 0 saturated carbocycles. The van der Waals surface area contributed by atoms with Crippen molar-refractivity contribution in [2.24, 2.45) is 5.73 Å². The van der Waals surface area contributed by atoms with Crippen LogP contribution in [0, 0.1) is 11.3 Å². The second kappa shape index (κ2) is 6.31. The molecule has 0 atom stereocenters. The van der Waals surface area contributed by atoms with E-state index >= 15 is 0 Å². The fraction of sp³-hybridized carbons (Fsp3) is 0.312. The Hall–Kier alpha value is -2.52. The lowest BCUT2D eigenvalue weighted by Gasteiger charge is -2.33. The zero-order chi connectivity index (χ0) is 16.4. The summed E-state index contributed by atoms with van der Waals surface area (Å²) in [5.74, 6) is 0.772. The first-order chi connectivity index (χ1) is 11.1. The molecule has 0 aliphatic carbocycles. The van der Waals surface area contributed by atoms with E-state index in [4.69, 9.17) is 17.3 Å². The van der Waals surface area contributed by atoms with Crippen LogP contribution < -0.4 is 16.0 Å². The monoisotopic (exact) mass is 329 g/mol. The summed E-state index contributed by atoms with van der Waals surface area (Å²) in [6.45, 7) is 1.50. The Morgan fingerprint density at radius 3 is 2.78 bits per heavy atom. The second-order valence-electron chi connectivity index (χ2n) is 5.57. The molecule has 1 aliphatic heterocycles. The summed E-state index contributed by atoms with van der Waals surface area (Å²) in [5.41, 5.74) is 6.47. The predicted molar refractivity (Wildman–Crippen MR) is 89.4 cm³/mol. The van der Waals surface area contributed by atoms with Gasteiger partial charge in [0.25, 0.3) is 0 Å². The number of halogens is 1. The van der Waals surface area contributed by atoms with E-state index in [1.54, 1.807) is 18.2 Å². The van der Waals surface area contributed by atoms with Crippen molar-refractivity contribution in [2.45, 2.75) is 18.9 Å². The van der Waals surface area contributed by atoms with Crippen molar-refractivity contribution in [3.63, 3.8) is 0 Å². The van der Waals surface area contributed by atoms with Gasteiger partial charge in [0.1, 0.15) is 5.82 Å². The number of urea groups is 1. The molecular formula is C16H16ClN5O. The number of hydrogen-bond donors (Lipinski definition) is 2. The van der Waals surface area contributed by atoms with Crippen LogP contribution in [-0.2, 0) is 0 Å². The summed E-state index contributed by atoms with van der Waals surface area (Å²) in [5, 5.41) is 13.5. The van der Waals surface area contributed by atoms with Crippen LogP contribution in [0.15, 0.2) is 24.3 Å². The number of nitrogens with zero attached hydrogens (tertiary/aromatic N) is 3.